The van der Waals surface area contributed by atoms with Gasteiger partial charge in [0, 0.05) is 38.6 Å². The molecular weight excluding hydrogens is 358 g/mol. The molecular formula is C17H24ClN5OS. The van der Waals surface area contributed by atoms with Crippen molar-refractivity contribution in [1.29, 1.82) is 0 Å². The van der Waals surface area contributed by atoms with E-state index in [2.05, 4.69) is 20.7 Å². The number of guanidine groups is 1. The lowest BCUT2D eigenvalue weighted by Gasteiger charge is -2.21. The number of anilines is 1. The fourth-order valence-electron chi connectivity index (χ4n) is 2.10. The summed E-state index contributed by atoms with van der Waals surface area (Å²) in [6, 6.07) is 7.40. The van der Waals surface area contributed by atoms with E-state index in [1.807, 2.05) is 49.1 Å². The van der Waals surface area contributed by atoms with Gasteiger partial charge >= 0.3 is 0 Å². The van der Waals surface area contributed by atoms with E-state index >= 15 is 0 Å². The molecule has 6 nitrogen and oxygen atoms in total. The van der Waals surface area contributed by atoms with Gasteiger partial charge in [-0.05, 0) is 18.2 Å². The third-order valence-corrected chi connectivity index (χ3v) is 4.71. The minimum absolute atomic E-state index is 0.541. The monoisotopic (exact) mass is 381 g/mol. The van der Waals surface area contributed by atoms with Crippen LogP contribution in [0.2, 0.25) is 5.02 Å². The second kappa shape index (κ2) is 9.48. The summed E-state index contributed by atoms with van der Waals surface area (Å²) < 4.78 is 5.72. The van der Waals surface area contributed by atoms with Gasteiger partial charge in [0.15, 0.2) is 11.1 Å². The Morgan fingerprint density at radius 3 is 2.80 bits per heavy atom. The molecule has 0 unspecified atom stereocenters. The van der Waals surface area contributed by atoms with Crippen molar-refractivity contribution in [2.24, 2.45) is 4.99 Å². The van der Waals surface area contributed by atoms with Crippen molar-refractivity contribution in [3.8, 4) is 5.75 Å². The van der Waals surface area contributed by atoms with E-state index in [0.717, 1.165) is 22.5 Å². The van der Waals surface area contributed by atoms with Crippen LogP contribution >= 0.6 is 22.9 Å². The lowest BCUT2D eigenvalue weighted by atomic mass is 10.3. The average molecular weight is 382 g/mol. The number of nitrogens with one attached hydrogen (secondary N) is 1. The highest BCUT2D eigenvalue weighted by Crippen LogP contribution is 2.18. The van der Waals surface area contributed by atoms with Crippen molar-refractivity contribution in [3.63, 3.8) is 0 Å². The maximum Gasteiger partial charge on any atom is 0.193 e. The largest absolute Gasteiger partial charge is 0.492 e. The molecule has 8 heteroatoms. The summed E-state index contributed by atoms with van der Waals surface area (Å²) in [5.41, 5.74) is 0.999. The second-order valence-corrected chi connectivity index (χ2v) is 6.92. The topological polar surface area (TPSA) is 53.0 Å². The van der Waals surface area contributed by atoms with Crippen LogP contribution in [-0.4, -0.2) is 57.2 Å². The molecule has 0 bridgehead atoms. The fraction of sp³-hybridized carbons (Fsp3) is 0.412. The highest BCUT2D eigenvalue weighted by molar-refractivity contribution is 7.13. The van der Waals surface area contributed by atoms with Gasteiger partial charge in [-0.25, -0.2) is 4.98 Å². The zero-order valence-electron chi connectivity index (χ0n) is 15.0. The van der Waals surface area contributed by atoms with Crippen molar-refractivity contribution in [2.45, 2.75) is 6.54 Å². The molecule has 0 radical (unpaired) electrons. The molecule has 136 valence electrons. The Kier molecular flexibility index (Phi) is 7.33. The van der Waals surface area contributed by atoms with Gasteiger partial charge in [-0.2, -0.15) is 0 Å². The number of likely N-dealkylation sites (N-methyl/N-ethyl adjacent to an activating group) is 1. The normalized spacial score (nSPS) is 11.3. The smallest absolute Gasteiger partial charge is 0.193 e. The van der Waals surface area contributed by atoms with Gasteiger partial charge in [0.1, 0.15) is 12.4 Å². The van der Waals surface area contributed by atoms with E-state index in [9.17, 15) is 0 Å². The summed E-state index contributed by atoms with van der Waals surface area (Å²) in [5, 5.41) is 7.04. The molecule has 0 saturated carbocycles. The molecule has 25 heavy (non-hydrogen) atoms. The van der Waals surface area contributed by atoms with Crippen molar-refractivity contribution in [3.05, 3.63) is 40.4 Å². The van der Waals surface area contributed by atoms with Gasteiger partial charge in [0.2, 0.25) is 0 Å². The predicted octanol–water partition coefficient (Wildman–Crippen LogP) is 2.95. The van der Waals surface area contributed by atoms with Crippen LogP contribution in [0.1, 0.15) is 5.69 Å². The molecule has 0 amide bonds. The van der Waals surface area contributed by atoms with Crippen molar-refractivity contribution in [1.82, 2.24) is 15.2 Å². The summed E-state index contributed by atoms with van der Waals surface area (Å²) in [7, 11) is 7.72. The Balaban J connectivity index is 1.78. The van der Waals surface area contributed by atoms with Gasteiger partial charge in [-0.3, -0.25) is 4.99 Å². The summed E-state index contributed by atoms with van der Waals surface area (Å²) in [4.78, 5) is 12.9. The van der Waals surface area contributed by atoms with E-state index in [0.29, 0.717) is 24.7 Å². The van der Waals surface area contributed by atoms with E-state index in [1.54, 1.807) is 24.5 Å². The van der Waals surface area contributed by atoms with E-state index in [-0.39, 0.29) is 0 Å². The number of aliphatic imine (C=N–C) groups is 1. The zero-order valence-corrected chi connectivity index (χ0v) is 16.6. The molecule has 0 saturated heterocycles. The number of benzene rings is 1. The standard InChI is InChI=1S/C17H24ClN5OS/c1-19-16(20-11-14-12-25-17(21-14)22(2)3)23(4)8-9-24-15-7-5-6-13(18)10-15/h5-7,10,12H,8-9,11H2,1-4H3,(H,19,20). The first kappa shape index (κ1) is 19.3. The minimum atomic E-state index is 0.541. The Morgan fingerprint density at radius 2 is 2.16 bits per heavy atom. The molecule has 0 atom stereocenters. The third kappa shape index (κ3) is 6.10. The van der Waals surface area contributed by atoms with Crippen molar-refractivity contribution in [2.75, 3.05) is 46.2 Å². The van der Waals surface area contributed by atoms with Crippen LogP contribution in [0.25, 0.3) is 0 Å². The molecule has 1 aromatic heterocycles. The predicted molar refractivity (Wildman–Crippen MR) is 106 cm³/mol. The number of rotatable bonds is 7. The Hall–Kier alpha value is -1.99. The molecule has 0 aliphatic rings. The summed E-state index contributed by atoms with van der Waals surface area (Å²) in [6.45, 7) is 1.88. The number of thiazole rings is 1. The number of halogens is 1. The Labute approximate surface area is 158 Å². The first-order chi connectivity index (χ1) is 12.0. The van der Waals surface area contributed by atoms with Crippen LogP contribution in [0.3, 0.4) is 0 Å². The van der Waals surface area contributed by atoms with Gasteiger partial charge in [0.25, 0.3) is 0 Å². The molecule has 2 aromatic rings. The molecule has 0 spiro atoms. The maximum absolute atomic E-state index is 5.95. The fourth-order valence-corrected chi connectivity index (χ4v) is 3.04. The molecule has 1 heterocycles. The molecule has 2 rings (SSSR count). The highest BCUT2D eigenvalue weighted by Gasteiger charge is 2.08. The SMILES string of the molecule is CN=C(NCc1csc(N(C)C)n1)N(C)CCOc1cccc(Cl)c1. The number of ether oxygens (including phenoxy) is 1. The minimum Gasteiger partial charge on any atom is -0.492 e. The van der Waals surface area contributed by atoms with Crippen LogP contribution in [0, 0.1) is 0 Å². The number of hydrogen-bond donors (Lipinski definition) is 1. The molecule has 0 aliphatic heterocycles. The molecule has 1 N–H and O–H groups in total. The Bertz CT molecular complexity index is 704. The zero-order chi connectivity index (χ0) is 18.2. The second-order valence-electron chi connectivity index (χ2n) is 5.64. The third-order valence-electron chi connectivity index (χ3n) is 3.41. The van der Waals surface area contributed by atoms with Crippen molar-refractivity contribution >= 4 is 34.0 Å². The lowest BCUT2D eigenvalue weighted by molar-refractivity contribution is 0.281. The summed E-state index contributed by atoms with van der Waals surface area (Å²) in [5.74, 6) is 1.57. The van der Waals surface area contributed by atoms with E-state index < -0.39 is 0 Å². The first-order valence-electron chi connectivity index (χ1n) is 7.91. The van der Waals surface area contributed by atoms with Crippen LogP contribution in [0.15, 0.2) is 34.6 Å². The van der Waals surface area contributed by atoms with Crippen LogP contribution in [0.5, 0.6) is 5.75 Å². The van der Waals surface area contributed by atoms with Gasteiger partial charge in [0.05, 0.1) is 18.8 Å². The van der Waals surface area contributed by atoms with Crippen molar-refractivity contribution < 1.29 is 4.74 Å². The molecule has 0 fully saturated rings. The lowest BCUT2D eigenvalue weighted by Crippen LogP contribution is -2.40. The number of hydrogen-bond acceptors (Lipinski definition) is 5. The quantitative estimate of drug-likeness (QED) is 0.590. The molecule has 1 aromatic carbocycles. The van der Waals surface area contributed by atoms with Gasteiger partial charge in [-0.15, -0.1) is 11.3 Å². The number of nitrogens with zero attached hydrogens (tertiary/aromatic N) is 4. The average Bonchev–Trinajstić information content (AvgIpc) is 3.05. The molecule has 0 aliphatic carbocycles. The van der Waals surface area contributed by atoms with Gasteiger partial charge < -0.3 is 19.9 Å². The van der Waals surface area contributed by atoms with Crippen LogP contribution in [0.4, 0.5) is 5.13 Å². The van der Waals surface area contributed by atoms with Gasteiger partial charge in [-0.1, -0.05) is 17.7 Å². The number of aromatic nitrogens is 1. The highest BCUT2D eigenvalue weighted by atomic mass is 35.5. The Morgan fingerprint density at radius 1 is 1.36 bits per heavy atom. The van der Waals surface area contributed by atoms with Crippen LogP contribution < -0.4 is 15.0 Å². The first-order valence-corrected chi connectivity index (χ1v) is 9.17. The van der Waals surface area contributed by atoms with E-state index in [4.69, 9.17) is 16.3 Å². The maximum atomic E-state index is 5.95. The van der Waals surface area contributed by atoms with E-state index in [1.165, 1.54) is 0 Å². The summed E-state index contributed by atoms with van der Waals surface area (Å²) >= 11 is 7.58. The van der Waals surface area contributed by atoms with Crippen LogP contribution in [-0.2, 0) is 6.54 Å². The summed E-state index contributed by atoms with van der Waals surface area (Å²) in [6.07, 6.45) is 0.